The highest BCUT2D eigenvalue weighted by Gasteiger charge is 2.14. The van der Waals surface area contributed by atoms with E-state index in [0.717, 1.165) is 5.56 Å². The van der Waals surface area contributed by atoms with Crippen molar-refractivity contribution in [3.05, 3.63) is 29.8 Å². The van der Waals surface area contributed by atoms with Gasteiger partial charge in [0.2, 0.25) is 5.91 Å². The zero-order chi connectivity index (χ0) is 13.5. The summed E-state index contributed by atoms with van der Waals surface area (Å²) in [6, 6.07) is 6.99. The summed E-state index contributed by atoms with van der Waals surface area (Å²) < 4.78 is 5.02. The second-order valence-corrected chi connectivity index (χ2v) is 3.69. The molecule has 18 heavy (non-hydrogen) atoms. The van der Waals surface area contributed by atoms with E-state index in [-0.39, 0.29) is 18.9 Å². The number of benzene rings is 1. The zero-order valence-corrected chi connectivity index (χ0v) is 9.92. The number of carbonyl (C=O) groups is 2. The normalized spacial score (nSPS) is 11.7. The van der Waals surface area contributed by atoms with Crippen LogP contribution < -0.4 is 10.1 Å². The van der Waals surface area contributed by atoms with Crippen LogP contribution in [0.15, 0.2) is 24.3 Å². The van der Waals surface area contributed by atoms with Gasteiger partial charge in [-0.2, -0.15) is 0 Å². The van der Waals surface area contributed by atoms with Gasteiger partial charge < -0.3 is 20.3 Å². The van der Waals surface area contributed by atoms with Crippen molar-refractivity contribution in [3.63, 3.8) is 0 Å². The number of hydrogen-bond acceptors (Lipinski definition) is 4. The van der Waals surface area contributed by atoms with Crippen molar-refractivity contribution in [2.24, 2.45) is 0 Å². The summed E-state index contributed by atoms with van der Waals surface area (Å²) in [5.74, 6) is -1.08. The van der Waals surface area contributed by atoms with Gasteiger partial charge in [0.05, 0.1) is 20.1 Å². The molecule has 6 heteroatoms. The lowest BCUT2D eigenvalue weighted by atomic mass is 10.1. The fraction of sp³-hybridized carbons (Fsp3) is 0.333. The molecule has 0 bridgehead atoms. The van der Waals surface area contributed by atoms with Crippen molar-refractivity contribution in [3.8, 4) is 5.75 Å². The van der Waals surface area contributed by atoms with Crippen LogP contribution in [0.4, 0.5) is 0 Å². The van der Waals surface area contributed by atoms with Crippen LogP contribution in [-0.2, 0) is 16.0 Å². The standard InChI is InChI=1S/C12H15NO5/c1-18-9-4-2-3-8(5-9)6-11(15)13-7-10(14)12(16)17/h2-5,10,14H,6-7H2,1H3,(H,13,15)(H,16,17). The van der Waals surface area contributed by atoms with Crippen LogP contribution in [0.3, 0.4) is 0 Å². The van der Waals surface area contributed by atoms with Gasteiger partial charge in [0.15, 0.2) is 6.10 Å². The van der Waals surface area contributed by atoms with Gasteiger partial charge in [-0.05, 0) is 17.7 Å². The van der Waals surface area contributed by atoms with Crippen molar-refractivity contribution in [1.82, 2.24) is 5.32 Å². The van der Waals surface area contributed by atoms with Gasteiger partial charge in [0, 0.05) is 0 Å². The summed E-state index contributed by atoms with van der Waals surface area (Å²) in [6.45, 7) is -0.307. The Labute approximate surface area is 104 Å². The molecule has 0 saturated carbocycles. The third-order valence-corrected chi connectivity index (χ3v) is 2.28. The Morgan fingerprint density at radius 3 is 2.78 bits per heavy atom. The van der Waals surface area contributed by atoms with E-state index in [9.17, 15) is 9.59 Å². The van der Waals surface area contributed by atoms with E-state index < -0.39 is 12.1 Å². The molecule has 1 atom stereocenters. The Morgan fingerprint density at radius 2 is 2.17 bits per heavy atom. The molecule has 1 unspecified atom stereocenters. The molecule has 0 spiro atoms. The monoisotopic (exact) mass is 253 g/mol. The highest BCUT2D eigenvalue weighted by molar-refractivity contribution is 5.80. The van der Waals surface area contributed by atoms with Gasteiger partial charge >= 0.3 is 5.97 Å². The van der Waals surface area contributed by atoms with Crippen LogP contribution in [0.1, 0.15) is 5.56 Å². The maximum atomic E-state index is 11.5. The molecule has 0 aliphatic carbocycles. The summed E-state index contributed by atoms with van der Waals surface area (Å²) in [4.78, 5) is 21.8. The smallest absolute Gasteiger partial charge is 0.334 e. The molecule has 0 fully saturated rings. The lowest BCUT2D eigenvalue weighted by Gasteiger charge is -2.08. The van der Waals surface area contributed by atoms with E-state index >= 15 is 0 Å². The van der Waals surface area contributed by atoms with Crippen molar-refractivity contribution in [2.45, 2.75) is 12.5 Å². The molecule has 6 nitrogen and oxygen atoms in total. The van der Waals surface area contributed by atoms with E-state index in [1.807, 2.05) is 0 Å². The van der Waals surface area contributed by atoms with E-state index in [0.29, 0.717) is 5.75 Å². The Morgan fingerprint density at radius 1 is 1.44 bits per heavy atom. The Hall–Kier alpha value is -2.08. The molecule has 1 aromatic rings. The quantitative estimate of drug-likeness (QED) is 0.652. The molecule has 0 aromatic heterocycles. The van der Waals surface area contributed by atoms with Crippen molar-refractivity contribution < 1.29 is 24.5 Å². The van der Waals surface area contributed by atoms with Crippen LogP contribution in [0.2, 0.25) is 0 Å². The molecule has 0 heterocycles. The van der Waals surface area contributed by atoms with E-state index in [1.165, 1.54) is 7.11 Å². The number of carbonyl (C=O) groups excluding carboxylic acids is 1. The SMILES string of the molecule is COc1cccc(CC(=O)NCC(O)C(=O)O)c1. The Balaban J connectivity index is 2.46. The van der Waals surface area contributed by atoms with Gasteiger partial charge in [-0.1, -0.05) is 12.1 Å². The lowest BCUT2D eigenvalue weighted by Crippen LogP contribution is -2.37. The molecule has 1 amide bonds. The summed E-state index contributed by atoms with van der Waals surface area (Å²) in [5.41, 5.74) is 0.747. The number of hydrogen-bond donors (Lipinski definition) is 3. The third-order valence-electron chi connectivity index (χ3n) is 2.28. The molecule has 0 saturated heterocycles. The number of carboxylic acid groups (broad SMARTS) is 1. The first-order valence-corrected chi connectivity index (χ1v) is 5.33. The van der Waals surface area contributed by atoms with Crippen molar-refractivity contribution in [1.29, 1.82) is 0 Å². The number of aliphatic carboxylic acids is 1. The number of rotatable bonds is 6. The highest BCUT2D eigenvalue weighted by Crippen LogP contribution is 2.12. The predicted octanol–water partition coefficient (Wildman–Crippen LogP) is -0.201. The van der Waals surface area contributed by atoms with Gasteiger partial charge in [0.1, 0.15) is 5.75 Å². The predicted molar refractivity (Wildman–Crippen MR) is 63.4 cm³/mol. The van der Waals surface area contributed by atoms with Crippen LogP contribution in [0, 0.1) is 0 Å². The molecule has 0 aliphatic heterocycles. The van der Waals surface area contributed by atoms with Crippen molar-refractivity contribution in [2.75, 3.05) is 13.7 Å². The van der Waals surface area contributed by atoms with Gasteiger partial charge in [0.25, 0.3) is 0 Å². The van der Waals surface area contributed by atoms with Gasteiger partial charge in [-0.15, -0.1) is 0 Å². The average Bonchev–Trinajstić information content (AvgIpc) is 2.36. The van der Waals surface area contributed by atoms with Gasteiger partial charge in [-0.25, -0.2) is 4.79 Å². The molecular formula is C12H15NO5. The minimum atomic E-state index is -1.58. The first-order valence-electron chi connectivity index (χ1n) is 5.33. The minimum Gasteiger partial charge on any atom is -0.497 e. The number of methoxy groups -OCH3 is 1. The molecule has 0 aliphatic rings. The molecule has 0 radical (unpaired) electrons. The number of aliphatic hydroxyl groups excluding tert-OH is 1. The molecular weight excluding hydrogens is 238 g/mol. The lowest BCUT2D eigenvalue weighted by molar-refractivity contribution is -0.146. The second-order valence-electron chi connectivity index (χ2n) is 3.69. The molecule has 3 N–H and O–H groups in total. The molecule has 1 aromatic carbocycles. The van der Waals surface area contributed by atoms with Crippen LogP contribution in [-0.4, -0.2) is 41.8 Å². The van der Waals surface area contributed by atoms with E-state index in [1.54, 1.807) is 24.3 Å². The van der Waals surface area contributed by atoms with Crippen LogP contribution in [0.25, 0.3) is 0 Å². The maximum Gasteiger partial charge on any atom is 0.334 e. The van der Waals surface area contributed by atoms with E-state index in [4.69, 9.17) is 14.9 Å². The maximum absolute atomic E-state index is 11.5. The van der Waals surface area contributed by atoms with Gasteiger partial charge in [-0.3, -0.25) is 4.79 Å². The number of ether oxygens (including phenoxy) is 1. The summed E-state index contributed by atoms with van der Waals surface area (Å²) in [5, 5.41) is 19.8. The number of nitrogens with one attached hydrogen (secondary N) is 1. The Kier molecular flexibility index (Phi) is 5.13. The Bertz CT molecular complexity index is 432. The number of aliphatic hydroxyl groups is 1. The number of amides is 1. The van der Waals surface area contributed by atoms with Crippen LogP contribution in [0.5, 0.6) is 5.75 Å². The third kappa shape index (κ3) is 4.42. The zero-order valence-electron chi connectivity index (χ0n) is 9.92. The minimum absolute atomic E-state index is 0.101. The average molecular weight is 253 g/mol. The largest absolute Gasteiger partial charge is 0.497 e. The second kappa shape index (κ2) is 6.61. The molecule has 1 rings (SSSR count). The highest BCUT2D eigenvalue weighted by atomic mass is 16.5. The first-order chi connectivity index (χ1) is 8.52. The fourth-order valence-corrected chi connectivity index (χ4v) is 1.33. The summed E-state index contributed by atoms with van der Waals surface area (Å²) in [6.07, 6.45) is -1.48. The van der Waals surface area contributed by atoms with Crippen LogP contribution >= 0.6 is 0 Å². The van der Waals surface area contributed by atoms with E-state index in [2.05, 4.69) is 5.32 Å². The first kappa shape index (κ1) is 14.0. The van der Waals surface area contributed by atoms with Crippen molar-refractivity contribution >= 4 is 11.9 Å². The fourth-order valence-electron chi connectivity index (χ4n) is 1.33. The number of carboxylic acids is 1. The summed E-state index contributed by atoms with van der Waals surface area (Å²) in [7, 11) is 1.53. The summed E-state index contributed by atoms with van der Waals surface area (Å²) >= 11 is 0. The molecule has 98 valence electrons. The topological polar surface area (TPSA) is 95.9 Å².